The van der Waals surface area contributed by atoms with Gasteiger partial charge in [-0.1, -0.05) is 6.08 Å². The number of rotatable bonds is 1. The lowest BCUT2D eigenvalue weighted by atomic mass is 10.1. The van der Waals surface area contributed by atoms with Crippen LogP contribution in [0.4, 0.5) is 0 Å². The van der Waals surface area contributed by atoms with E-state index >= 15 is 0 Å². The maximum Gasteiger partial charge on any atom is 0.202 e. The number of carbonyl (C=O) groups excluding carboxylic acids is 2. The standard InChI is InChI=1S/C16H12N2O2/c19-13-4-5-16(20)15(11-13)18-9-6-12(7-10-18)14-3-1-2-8-17-14/h1-11,17H/p+1. The molecule has 0 bridgehead atoms. The van der Waals surface area contributed by atoms with E-state index in [9.17, 15) is 9.59 Å². The third-order valence-corrected chi connectivity index (χ3v) is 3.15. The number of ketones is 2. The first-order valence-electron chi connectivity index (χ1n) is 6.29. The summed E-state index contributed by atoms with van der Waals surface area (Å²) >= 11 is 0. The van der Waals surface area contributed by atoms with E-state index in [1.165, 1.54) is 18.2 Å². The molecule has 4 nitrogen and oxygen atoms in total. The van der Waals surface area contributed by atoms with Gasteiger partial charge in [0.25, 0.3) is 0 Å². The number of carbonyl (C=O) groups is 2. The summed E-state index contributed by atoms with van der Waals surface area (Å²) in [7, 11) is 0. The molecule has 2 aliphatic heterocycles. The van der Waals surface area contributed by atoms with E-state index in [0.29, 0.717) is 5.70 Å². The van der Waals surface area contributed by atoms with Crippen molar-refractivity contribution in [3.05, 3.63) is 84.2 Å². The molecule has 0 aromatic carbocycles. The van der Waals surface area contributed by atoms with Crippen LogP contribution < -0.4 is 5.32 Å². The van der Waals surface area contributed by atoms with Gasteiger partial charge in [0.1, 0.15) is 5.70 Å². The maximum atomic E-state index is 11.8. The van der Waals surface area contributed by atoms with Crippen LogP contribution in [0.5, 0.6) is 0 Å². The van der Waals surface area contributed by atoms with Gasteiger partial charge in [-0.15, -0.1) is 0 Å². The second kappa shape index (κ2) is 5.11. The summed E-state index contributed by atoms with van der Waals surface area (Å²) in [5.74, 6) is -0.332. The van der Waals surface area contributed by atoms with Crippen LogP contribution >= 0.6 is 0 Å². The van der Waals surface area contributed by atoms with Crippen LogP contribution in [0.25, 0.3) is 0 Å². The van der Waals surface area contributed by atoms with Crippen molar-refractivity contribution in [2.45, 2.75) is 0 Å². The lowest BCUT2D eigenvalue weighted by molar-refractivity contribution is -0.531. The molecule has 0 fully saturated rings. The quantitative estimate of drug-likeness (QED) is 0.714. The summed E-state index contributed by atoms with van der Waals surface area (Å²) in [6, 6.07) is 0. The minimum absolute atomic E-state index is 0.165. The fourth-order valence-corrected chi connectivity index (χ4v) is 2.11. The van der Waals surface area contributed by atoms with Crippen LogP contribution in [0, 0.1) is 0 Å². The highest BCUT2D eigenvalue weighted by atomic mass is 16.1. The number of hydrogen-bond donors (Lipinski definition) is 1. The molecule has 0 aromatic rings. The highest BCUT2D eigenvalue weighted by Crippen LogP contribution is 2.19. The van der Waals surface area contributed by atoms with Crippen LogP contribution in [-0.2, 0) is 9.59 Å². The first-order valence-corrected chi connectivity index (χ1v) is 6.29. The second-order valence-electron chi connectivity index (χ2n) is 4.49. The molecule has 98 valence electrons. The number of quaternary nitrogens is 1. The zero-order chi connectivity index (χ0) is 13.9. The smallest absolute Gasteiger partial charge is 0.202 e. The van der Waals surface area contributed by atoms with Crippen molar-refractivity contribution in [2.75, 3.05) is 0 Å². The molecule has 0 atom stereocenters. The Bertz CT molecular complexity index is 669. The molecule has 0 radical (unpaired) electrons. The minimum atomic E-state index is -0.167. The van der Waals surface area contributed by atoms with Gasteiger partial charge in [-0.2, -0.15) is 0 Å². The molecular weight excluding hydrogens is 252 g/mol. The zero-order valence-corrected chi connectivity index (χ0v) is 10.7. The van der Waals surface area contributed by atoms with Crippen molar-refractivity contribution >= 4 is 11.6 Å². The molecule has 3 rings (SSSR count). The van der Waals surface area contributed by atoms with Crippen LogP contribution in [0.3, 0.4) is 0 Å². The highest BCUT2D eigenvalue weighted by molar-refractivity contribution is 6.17. The molecule has 0 saturated carbocycles. The van der Waals surface area contributed by atoms with Gasteiger partial charge in [-0.05, 0) is 30.4 Å². The summed E-state index contributed by atoms with van der Waals surface area (Å²) in [5.41, 5.74) is 2.55. The SMILES string of the molecule is O=C1C=CC(=O)C(N2C=CC(=C3C=CC=C[NH2+]3)C=C2)=C1. The Morgan fingerprint density at radius 3 is 2.40 bits per heavy atom. The topological polar surface area (TPSA) is 54.0 Å². The summed E-state index contributed by atoms with van der Waals surface area (Å²) in [5, 5.41) is 2.02. The van der Waals surface area contributed by atoms with Gasteiger partial charge in [-0.25, -0.2) is 0 Å². The summed E-state index contributed by atoms with van der Waals surface area (Å²) in [6.07, 6.45) is 19.3. The summed E-state index contributed by atoms with van der Waals surface area (Å²) in [4.78, 5) is 24.8. The van der Waals surface area contributed by atoms with Gasteiger partial charge in [0.05, 0.1) is 11.9 Å². The Hall–Kier alpha value is -2.72. The largest absolute Gasteiger partial charge is 0.320 e. The number of allylic oxidation sites excluding steroid dienone is 9. The molecule has 0 aromatic heterocycles. The van der Waals surface area contributed by atoms with Crippen LogP contribution in [0.2, 0.25) is 0 Å². The van der Waals surface area contributed by atoms with E-state index in [1.807, 2.05) is 41.9 Å². The minimum Gasteiger partial charge on any atom is -0.320 e. The normalized spacial score (nSPS) is 21.0. The lowest BCUT2D eigenvalue weighted by Gasteiger charge is -2.21. The van der Waals surface area contributed by atoms with Crippen molar-refractivity contribution in [3.63, 3.8) is 0 Å². The molecule has 0 spiro atoms. The molecule has 1 aliphatic carbocycles. The van der Waals surface area contributed by atoms with Crippen molar-refractivity contribution in [2.24, 2.45) is 0 Å². The Morgan fingerprint density at radius 1 is 0.900 bits per heavy atom. The Kier molecular flexibility index (Phi) is 3.15. The summed E-state index contributed by atoms with van der Waals surface area (Å²) in [6.45, 7) is 0. The van der Waals surface area contributed by atoms with Gasteiger partial charge in [-0.3, -0.25) is 14.9 Å². The third kappa shape index (κ3) is 2.37. The summed E-state index contributed by atoms with van der Waals surface area (Å²) < 4.78 is 0. The molecule has 2 N–H and O–H groups in total. The van der Waals surface area contributed by atoms with Gasteiger partial charge >= 0.3 is 0 Å². The van der Waals surface area contributed by atoms with Crippen molar-refractivity contribution in [1.82, 2.24) is 4.90 Å². The fraction of sp³-hybridized carbons (Fsp3) is 0. The van der Waals surface area contributed by atoms with E-state index < -0.39 is 0 Å². The molecule has 0 unspecified atom stereocenters. The average Bonchev–Trinajstić information content (AvgIpc) is 2.51. The van der Waals surface area contributed by atoms with Crippen LogP contribution in [0.1, 0.15) is 0 Å². The maximum absolute atomic E-state index is 11.8. The first kappa shape index (κ1) is 12.3. The van der Waals surface area contributed by atoms with E-state index in [0.717, 1.165) is 11.3 Å². The zero-order valence-electron chi connectivity index (χ0n) is 10.7. The number of nitrogens with two attached hydrogens (primary N) is 1. The van der Waals surface area contributed by atoms with Crippen molar-refractivity contribution in [3.8, 4) is 0 Å². The predicted molar refractivity (Wildman–Crippen MR) is 74.6 cm³/mol. The average molecular weight is 265 g/mol. The highest BCUT2D eigenvalue weighted by Gasteiger charge is 2.19. The van der Waals surface area contributed by atoms with E-state index in [2.05, 4.69) is 0 Å². The third-order valence-electron chi connectivity index (χ3n) is 3.15. The number of nitrogens with zero attached hydrogens (tertiary/aromatic N) is 1. The second-order valence-corrected chi connectivity index (χ2v) is 4.49. The predicted octanol–water partition coefficient (Wildman–Crippen LogP) is 0.822. The van der Waals surface area contributed by atoms with Crippen molar-refractivity contribution in [1.29, 1.82) is 0 Å². The molecule has 0 amide bonds. The fourth-order valence-electron chi connectivity index (χ4n) is 2.11. The van der Waals surface area contributed by atoms with E-state index in [4.69, 9.17) is 0 Å². The lowest BCUT2D eigenvalue weighted by Crippen LogP contribution is -2.76. The Balaban J connectivity index is 1.83. The molecule has 20 heavy (non-hydrogen) atoms. The molecule has 2 heterocycles. The first-order chi connectivity index (χ1) is 9.74. The van der Waals surface area contributed by atoms with Crippen LogP contribution in [-0.4, -0.2) is 16.5 Å². The van der Waals surface area contributed by atoms with Gasteiger partial charge in [0.2, 0.25) is 5.78 Å². The van der Waals surface area contributed by atoms with Gasteiger partial charge < -0.3 is 4.90 Å². The van der Waals surface area contributed by atoms with E-state index in [1.54, 1.807) is 17.3 Å². The number of hydrogen-bond acceptors (Lipinski definition) is 3. The Labute approximate surface area is 116 Å². The monoisotopic (exact) mass is 265 g/mol. The van der Waals surface area contributed by atoms with Gasteiger partial charge in [0.15, 0.2) is 5.78 Å². The molecule has 4 heteroatoms. The van der Waals surface area contributed by atoms with E-state index in [-0.39, 0.29) is 11.6 Å². The van der Waals surface area contributed by atoms with Crippen LogP contribution in [0.15, 0.2) is 84.2 Å². The van der Waals surface area contributed by atoms with Crippen molar-refractivity contribution < 1.29 is 14.9 Å². The molecule has 0 saturated heterocycles. The van der Waals surface area contributed by atoms with Gasteiger partial charge in [0, 0.05) is 30.1 Å². The Morgan fingerprint density at radius 2 is 1.70 bits per heavy atom. The molecular formula is C16H13N2O2+. The molecule has 3 aliphatic rings.